The number of rotatable bonds is 6. The van der Waals surface area contributed by atoms with Gasteiger partial charge in [-0.15, -0.1) is 0 Å². The molecule has 0 bridgehead atoms. The molecule has 6 heteroatoms. The Morgan fingerprint density at radius 3 is 2.13 bits per heavy atom. The molecule has 2 atom stereocenters. The predicted octanol–water partition coefficient (Wildman–Crippen LogP) is 3.54. The van der Waals surface area contributed by atoms with Gasteiger partial charge < -0.3 is 15.6 Å². The lowest BCUT2D eigenvalue weighted by Crippen LogP contribution is -2.28. The van der Waals surface area contributed by atoms with Gasteiger partial charge in [0.2, 0.25) is 0 Å². The zero-order valence-corrected chi connectivity index (χ0v) is 12.3. The van der Waals surface area contributed by atoms with Gasteiger partial charge in [0.15, 0.2) is 0 Å². The maximum absolute atomic E-state index is 12.6. The van der Waals surface area contributed by atoms with Crippen molar-refractivity contribution in [3.05, 3.63) is 65.7 Å². The van der Waals surface area contributed by atoms with Crippen LogP contribution in [-0.4, -0.2) is 17.8 Å². The lowest BCUT2D eigenvalue weighted by molar-refractivity contribution is -0.137. The van der Waals surface area contributed by atoms with Crippen LogP contribution in [0.5, 0.6) is 5.75 Å². The third-order valence-electron chi connectivity index (χ3n) is 3.38. The third kappa shape index (κ3) is 4.97. The van der Waals surface area contributed by atoms with Crippen LogP contribution in [0.15, 0.2) is 54.6 Å². The monoisotopic (exact) mass is 325 g/mol. The number of benzene rings is 2. The van der Waals surface area contributed by atoms with E-state index in [-0.39, 0.29) is 6.61 Å². The highest BCUT2D eigenvalue weighted by atomic mass is 19.4. The fraction of sp³-hybridized carbons (Fsp3) is 0.294. The van der Waals surface area contributed by atoms with Crippen LogP contribution in [0.3, 0.4) is 0 Å². The average Bonchev–Trinajstić information content (AvgIpc) is 2.54. The van der Waals surface area contributed by atoms with E-state index in [1.54, 1.807) is 0 Å². The summed E-state index contributed by atoms with van der Waals surface area (Å²) in [6, 6.07) is 13.3. The minimum absolute atomic E-state index is 0.195. The number of nitrogens with two attached hydrogens (primary N) is 1. The predicted molar refractivity (Wildman–Crippen MR) is 80.9 cm³/mol. The summed E-state index contributed by atoms with van der Waals surface area (Å²) < 4.78 is 43.5. The summed E-state index contributed by atoms with van der Waals surface area (Å²) in [7, 11) is 0. The van der Waals surface area contributed by atoms with Gasteiger partial charge >= 0.3 is 6.18 Å². The van der Waals surface area contributed by atoms with Gasteiger partial charge in [-0.2, -0.15) is 13.2 Å². The second-order valence-electron chi connectivity index (χ2n) is 5.22. The lowest BCUT2D eigenvalue weighted by Gasteiger charge is -2.22. The van der Waals surface area contributed by atoms with E-state index < -0.39 is 23.9 Å². The second kappa shape index (κ2) is 7.48. The Kier molecular flexibility index (Phi) is 5.63. The topological polar surface area (TPSA) is 55.5 Å². The minimum atomic E-state index is -4.38. The summed E-state index contributed by atoms with van der Waals surface area (Å²) in [6.07, 6.45) is -4.48. The Morgan fingerprint density at radius 1 is 1.00 bits per heavy atom. The summed E-state index contributed by atoms with van der Waals surface area (Å²) in [6.45, 7) is -0.195. The maximum Gasteiger partial charge on any atom is 0.416 e. The molecule has 0 amide bonds. The molecule has 2 aromatic rings. The lowest BCUT2D eigenvalue weighted by atomic mass is 10.0. The first-order chi connectivity index (χ1) is 10.9. The summed E-state index contributed by atoms with van der Waals surface area (Å²) >= 11 is 0. The van der Waals surface area contributed by atoms with E-state index >= 15 is 0 Å². The molecule has 2 aromatic carbocycles. The highest BCUT2D eigenvalue weighted by Crippen LogP contribution is 2.32. The van der Waals surface area contributed by atoms with E-state index in [1.165, 1.54) is 12.1 Å². The van der Waals surface area contributed by atoms with Crippen molar-refractivity contribution in [2.75, 3.05) is 6.61 Å². The molecule has 0 saturated carbocycles. The molecular formula is C17H18F3NO2. The summed E-state index contributed by atoms with van der Waals surface area (Å²) in [5.74, 6) is 0.317. The van der Waals surface area contributed by atoms with E-state index in [2.05, 4.69) is 0 Å². The van der Waals surface area contributed by atoms with Crippen LogP contribution in [0.25, 0.3) is 0 Å². The average molecular weight is 325 g/mol. The maximum atomic E-state index is 12.6. The Morgan fingerprint density at radius 2 is 1.61 bits per heavy atom. The third-order valence-corrected chi connectivity index (χ3v) is 3.38. The van der Waals surface area contributed by atoms with Crippen LogP contribution in [-0.2, 0) is 6.18 Å². The van der Waals surface area contributed by atoms with Crippen molar-refractivity contribution in [3.8, 4) is 5.75 Å². The van der Waals surface area contributed by atoms with Gasteiger partial charge in [-0.1, -0.05) is 30.3 Å². The molecule has 0 radical (unpaired) electrons. The van der Waals surface area contributed by atoms with Crippen molar-refractivity contribution >= 4 is 0 Å². The van der Waals surface area contributed by atoms with Crippen LogP contribution in [0.4, 0.5) is 13.2 Å². The first-order valence-corrected chi connectivity index (χ1v) is 7.15. The number of hydrogen-bond acceptors (Lipinski definition) is 3. The first kappa shape index (κ1) is 17.3. The van der Waals surface area contributed by atoms with Gasteiger partial charge in [0.05, 0.1) is 12.2 Å². The molecule has 0 aliphatic heterocycles. The Hall–Kier alpha value is -2.05. The molecule has 0 aliphatic carbocycles. The normalized spacial score (nSPS) is 14.3. The highest BCUT2D eigenvalue weighted by Gasteiger charge is 2.30. The molecule has 0 aromatic heterocycles. The van der Waals surface area contributed by atoms with Gasteiger partial charge in [-0.25, -0.2) is 0 Å². The number of aliphatic hydroxyl groups is 1. The minimum Gasteiger partial charge on any atom is -0.486 e. The van der Waals surface area contributed by atoms with E-state index in [4.69, 9.17) is 15.6 Å². The van der Waals surface area contributed by atoms with Crippen LogP contribution < -0.4 is 10.5 Å². The standard InChI is InChI=1S/C17H18F3NO2/c18-17(19,20)13-6-8-15(9-7-13)23-16(10-14(21)11-22)12-4-2-1-3-5-12/h1-9,14,16,22H,10-11,21H2/t14-,16-/m1/s1. The zero-order valence-electron chi connectivity index (χ0n) is 12.3. The van der Waals surface area contributed by atoms with Gasteiger partial charge in [0, 0.05) is 12.5 Å². The molecular weight excluding hydrogens is 307 g/mol. The number of aliphatic hydroxyl groups excluding tert-OH is 1. The summed E-state index contributed by atoms with van der Waals surface area (Å²) in [5.41, 5.74) is 5.88. The molecule has 2 rings (SSSR count). The summed E-state index contributed by atoms with van der Waals surface area (Å²) in [4.78, 5) is 0. The SMILES string of the molecule is N[C@@H](CO)C[C@@H](Oc1ccc(C(F)(F)F)cc1)c1ccccc1. The summed E-state index contributed by atoms with van der Waals surface area (Å²) in [5, 5.41) is 9.12. The van der Waals surface area contributed by atoms with Crippen LogP contribution >= 0.6 is 0 Å². The van der Waals surface area contributed by atoms with Crippen molar-refractivity contribution in [2.24, 2.45) is 5.73 Å². The van der Waals surface area contributed by atoms with E-state index in [1.807, 2.05) is 30.3 Å². The van der Waals surface area contributed by atoms with Crippen molar-refractivity contribution in [2.45, 2.75) is 24.7 Å². The van der Waals surface area contributed by atoms with Crippen molar-refractivity contribution in [1.82, 2.24) is 0 Å². The molecule has 3 nitrogen and oxygen atoms in total. The first-order valence-electron chi connectivity index (χ1n) is 7.15. The zero-order chi connectivity index (χ0) is 16.9. The molecule has 0 fully saturated rings. The largest absolute Gasteiger partial charge is 0.486 e. The number of ether oxygens (including phenoxy) is 1. The van der Waals surface area contributed by atoms with Crippen LogP contribution in [0.2, 0.25) is 0 Å². The fourth-order valence-corrected chi connectivity index (χ4v) is 2.16. The van der Waals surface area contributed by atoms with E-state index in [9.17, 15) is 13.2 Å². The van der Waals surface area contributed by atoms with E-state index in [0.717, 1.165) is 17.7 Å². The molecule has 0 saturated heterocycles. The Labute approximate surface area is 132 Å². The van der Waals surface area contributed by atoms with Gasteiger partial charge in [0.25, 0.3) is 0 Å². The second-order valence-corrected chi connectivity index (χ2v) is 5.22. The quantitative estimate of drug-likeness (QED) is 0.854. The Balaban J connectivity index is 2.17. The molecule has 23 heavy (non-hydrogen) atoms. The fourth-order valence-electron chi connectivity index (χ4n) is 2.16. The highest BCUT2D eigenvalue weighted by molar-refractivity contribution is 5.30. The number of hydrogen-bond donors (Lipinski definition) is 2. The van der Waals surface area contributed by atoms with Gasteiger partial charge in [-0.05, 0) is 29.8 Å². The van der Waals surface area contributed by atoms with Crippen LogP contribution in [0.1, 0.15) is 23.7 Å². The molecule has 0 spiro atoms. The van der Waals surface area contributed by atoms with Gasteiger partial charge in [0.1, 0.15) is 11.9 Å². The van der Waals surface area contributed by atoms with Crippen molar-refractivity contribution in [3.63, 3.8) is 0 Å². The van der Waals surface area contributed by atoms with Crippen LogP contribution in [0, 0.1) is 0 Å². The smallest absolute Gasteiger partial charge is 0.416 e. The molecule has 3 N–H and O–H groups in total. The van der Waals surface area contributed by atoms with E-state index in [0.29, 0.717) is 12.2 Å². The molecule has 0 aliphatic rings. The number of alkyl halides is 3. The van der Waals surface area contributed by atoms with Crippen molar-refractivity contribution < 1.29 is 23.0 Å². The van der Waals surface area contributed by atoms with Gasteiger partial charge in [-0.3, -0.25) is 0 Å². The molecule has 0 heterocycles. The molecule has 124 valence electrons. The Bertz CT molecular complexity index is 599. The van der Waals surface area contributed by atoms with Crippen molar-refractivity contribution in [1.29, 1.82) is 0 Å². The molecule has 0 unspecified atom stereocenters. The number of halogens is 3.